The third kappa shape index (κ3) is 3.50. The van der Waals surface area contributed by atoms with Gasteiger partial charge in [-0.1, -0.05) is 23.7 Å². The van der Waals surface area contributed by atoms with Crippen molar-refractivity contribution in [2.45, 2.75) is 4.90 Å². The summed E-state index contributed by atoms with van der Waals surface area (Å²) in [7, 11) is 0. The molecule has 23 heavy (non-hydrogen) atoms. The van der Waals surface area contributed by atoms with Crippen molar-refractivity contribution in [2.24, 2.45) is 0 Å². The lowest BCUT2D eigenvalue weighted by Crippen LogP contribution is -1.95. The first kappa shape index (κ1) is 15.5. The molecule has 0 fully saturated rings. The van der Waals surface area contributed by atoms with Crippen LogP contribution in [0.5, 0.6) is 0 Å². The van der Waals surface area contributed by atoms with Crippen molar-refractivity contribution in [1.82, 2.24) is 9.97 Å². The molecule has 0 unspecified atom stereocenters. The molecule has 0 atom stereocenters. The minimum absolute atomic E-state index is 0.00786. The number of halogens is 1. The number of thioether (sulfide) groups is 1. The molecule has 0 aliphatic heterocycles. The van der Waals surface area contributed by atoms with Gasteiger partial charge >= 0.3 is 0 Å². The highest BCUT2D eigenvalue weighted by Crippen LogP contribution is 2.25. The Labute approximate surface area is 142 Å². The molecule has 6 heteroatoms. The number of imidazole rings is 1. The number of nitriles is 1. The molecule has 1 aromatic heterocycles. The Hall–Kier alpha value is -2.42. The Morgan fingerprint density at radius 2 is 1.96 bits per heavy atom. The Morgan fingerprint density at radius 1 is 1.22 bits per heavy atom. The average molecular weight is 342 g/mol. The number of allylic oxidation sites excluding steroid dienone is 1. The molecule has 0 saturated heterocycles. The normalized spacial score (nSPS) is 12.0. The highest BCUT2D eigenvalue weighted by Gasteiger charge is 2.13. The van der Waals surface area contributed by atoms with Crippen molar-refractivity contribution in [1.29, 1.82) is 5.26 Å². The second-order valence-electron chi connectivity index (χ2n) is 4.78. The van der Waals surface area contributed by atoms with E-state index in [1.54, 1.807) is 12.1 Å². The summed E-state index contributed by atoms with van der Waals surface area (Å²) < 4.78 is 0. The summed E-state index contributed by atoms with van der Waals surface area (Å²) in [6.45, 7) is 0. The second-order valence-corrected chi connectivity index (χ2v) is 6.26. The molecule has 2 aromatic carbocycles. The van der Waals surface area contributed by atoms with E-state index in [1.165, 1.54) is 11.8 Å². The maximum Gasteiger partial charge on any atom is 0.152 e. The van der Waals surface area contributed by atoms with Gasteiger partial charge in [-0.2, -0.15) is 5.26 Å². The maximum atomic E-state index is 10.3. The predicted octanol–water partition coefficient (Wildman–Crippen LogP) is 4.80. The van der Waals surface area contributed by atoms with E-state index in [0.717, 1.165) is 15.9 Å². The van der Waals surface area contributed by atoms with Gasteiger partial charge in [-0.15, -0.1) is 11.8 Å². The summed E-state index contributed by atoms with van der Waals surface area (Å²) in [5.74, 6) is 0.649. The Kier molecular flexibility index (Phi) is 4.56. The minimum Gasteiger partial charge on any atom is -0.510 e. The fraction of sp³-hybridized carbons (Fsp3) is 0.0588. The van der Waals surface area contributed by atoms with Gasteiger partial charge in [0.05, 0.1) is 16.8 Å². The Morgan fingerprint density at radius 3 is 2.65 bits per heavy atom. The number of nitrogens with zero attached hydrogens (tertiary/aromatic N) is 2. The third-order valence-corrected chi connectivity index (χ3v) is 4.49. The van der Waals surface area contributed by atoms with Gasteiger partial charge in [0.2, 0.25) is 0 Å². The van der Waals surface area contributed by atoms with Crippen LogP contribution in [0.2, 0.25) is 5.02 Å². The van der Waals surface area contributed by atoms with Gasteiger partial charge < -0.3 is 10.1 Å². The zero-order valence-electron chi connectivity index (χ0n) is 12.0. The molecule has 0 bridgehead atoms. The quantitative estimate of drug-likeness (QED) is 0.406. The van der Waals surface area contributed by atoms with Crippen molar-refractivity contribution in [3.8, 4) is 6.07 Å². The Bertz CT molecular complexity index is 876. The Balaban J connectivity index is 1.84. The van der Waals surface area contributed by atoms with E-state index >= 15 is 0 Å². The third-order valence-electron chi connectivity index (χ3n) is 3.22. The van der Waals surface area contributed by atoms with Crippen LogP contribution in [0.25, 0.3) is 16.6 Å². The van der Waals surface area contributed by atoms with E-state index in [-0.39, 0.29) is 17.1 Å². The number of aromatic amines is 1. The molecule has 0 aliphatic carbocycles. The lowest BCUT2D eigenvalue weighted by Gasteiger charge is -2.03. The van der Waals surface area contributed by atoms with E-state index in [2.05, 4.69) is 9.97 Å². The van der Waals surface area contributed by atoms with Gasteiger partial charge in [0.1, 0.15) is 17.4 Å². The van der Waals surface area contributed by atoms with Gasteiger partial charge in [0.15, 0.2) is 5.82 Å². The molecule has 0 spiro atoms. The van der Waals surface area contributed by atoms with Crippen LogP contribution < -0.4 is 0 Å². The first-order chi connectivity index (χ1) is 11.2. The van der Waals surface area contributed by atoms with Crippen molar-refractivity contribution >= 4 is 40.0 Å². The first-order valence-corrected chi connectivity index (χ1v) is 8.19. The monoisotopic (exact) mass is 341 g/mol. The average Bonchev–Trinajstić information content (AvgIpc) is 2.98. The molecule has 0 amide bonds. The first-order valence-electron chi connectivity index (χ1n) is 6.83. The van der Waals surface area contributed by atoms with E-state index in [9.17, 15) is 10.4 Å². The van der Waals surface area contributed by atoms with Gasteiger partial charge in [0.25, 0.3) is 0 Å². The lowest BCUT2D eigenvalue weighted by molar-refractivity contribution is 0.420. The van der Waals surface area contributed by atoms with Crippen LogP contribution in [0.15, 0.2) is 59.2 Å². The minimum atomic E-state index is -0.00786. The van der Waals surface area contributed by atoms with Crippen LogP contribution in [-0.2, 0) is 0 Å². The summed E-state index contributed by atoms with van der Waals surface area (Å²) in [4.78, 5) is 8.36. The fourth-order valence-corrected chi connectivity index (χ4v) is 2.98. The van der Waals surface area contributed by atoms with Crippen LogP contribution in [0, 0.1) is 11.3 Å². The molecule has 114 valence electrons. The van der Waals surface area contributed by atoms with Crippen LogP contribution in [0.1, 0.15) is 5.82 Å². The molecule has 3 aromatic rings. The molecular weight excluding hydrogens is 330 g/mol. The number of aliphatic hydroxyl groups excluding tert-OH is 1. The second kappa shape index (κ2) is 6.78. The number of nitrogens with one attached hydrogen (secondary N) is 1. The number of aliphatic hydroxyl groups is 1. The summed E-state index contributed by atoms with van der Waals surface area (Å²) in [6, 6.07) is 16.8. The van der Waals surface area contributed by atoms with Crippen molar-refractivity contribution in [3.05, 3.63) is 65.1 Å². The number of hydrogen-bond acceptors (Lipinski definition) is 4. The van der Waals surface area contributed by atoms with Crippen LogP contribution in [0.4, 0.5) is 0 Å². The molecule has 3 rings (SSSR count). The van der Waals surface area contributed by atoms with Crippen molar-refractivity contribution in [2.75, 3.05) is 5.75 Å². The van der Waals surface area contributed by atoms with Crippen LogP contribution in [0.3, 0.4) is 0 Å². The standard InChI is InChI=1S/C17H12ClN3OS/c18-11-5-7-12(8-6-11)23-10-16(22)13(9-19)17-20-14-3-1-2-4-15(14)21-17/h1-8,22H,10H2,(H,20,21). The molecule has 0 aliphatic rings. The van der Waals surface area contributed by atoms with E-state index in [4.69, 9.17) is 11.6 Å². The molecule has 4 nitrogen and oxygen atoms in total. The number of benzene rings is 2. The molecule has 0 saturated carbocycles. The maximum absolute atomic E-state index is 10.3. The highest BCUT2D eigenvalue weighted by atomic mass is 35.5. The number of fused-ring (bicyclic) bond motifs is 1. The molecule has 0 radical (unpaired) electrons. The molecule has 1 heterocycles. The van der Waals surface area contributed by atoms with Crippen molar-refractivity contribution in [3.63, 3.8) is 0 Å². The van der Waals surface area contributed by atoms with E-state index in [0.29, 0.717) is 10.8 Å². The van der Waals surface area contributed by atoms with Crippen LogP contribution >= 0.6 is 23.4 Å². The topological polar surface area (TPSA) is 72.7 Å². The van der Waals surface area contributed by atoms with Crippen LogP contribution in [-0.4, -0.2) is 20.8 Å². The fourth-order valence-electron chi connectivity index (χ4n) is 2.08. The summed E-state index contributed by atoms with van der Waals surface area (Å²) in [6.07, 6.45) is 0. The molecule has 2 N–H and O–H groups in total. The number of rotatable bonds is 4. The van der Waals surface area contributed by atoms with Gasteiger partial charge in [-0.05, 0) is 36.4 Å². The summed E-state index contributed by atoms with van der Waals surface area (Å²) in [5, 5.41) is 20.3. The predicted molar refractivity (Wildman–Crippen MR) is 93.4 cm³/mol. The van der Waals surface area contributed by atoms with E-state index in [1.807, 2.05) is 42.5 Å². The van der Waals surface area contributed by atoms with Crippen molar-refractivity contribution < 1.29 is 5.11 Å². The smallest absolute Gasteiger partial charge is 0.152 e. The van der Waals surface area contributed by atoms with Gasteiger partial charge in [-0.25, -0.2) is 4.98 Å². The lowest BCUT2D eigenvalue weighted by atomic mass is 10.2. The number of H-pyrrole nitrogens is 1. The number of hydrogen-bond donors (Lipinski definition) is 2. The SMILES string of the molecule is N#CC(=C(O)CSc1ccc(Cl)cc1)c1nc2ccccc2[nH]1. The summed E-state index contributed by atoms with van der Waals surface area (Å²) >= 11 is 7.27. The highest BCUT2D eigenvalue weighted by molar-refractivity contribution is 7.99. The van der Waals surface area contributed by atoms with Gasteiger partial charge in [-0.3, -0.25) is 0 Å². The molecular formula is C17H12ClN3OS. The number of aromatic nitrogens is 2. The summed E-state index contributed by atoms with van der Waals surface area (Å²) in [5.41, 5.74) is 1.74. The van der Waals surface area contributed by atoms with Gasteiger partial charge in [0, 0.05) is 9.92 Å². The number of para-hydroxylation sites is 2. The van der Waals surface area contributed by atoms with E-state index < -0.39 is 0 Å². The zero-order valence-corrected chi connectivity index (χ0v) is 13.5. The zero-order chi connectivity index (χ0) is 16.2. The largest absolute Gasteiger partial charge is 0.510 e.